The van der Waals surface area contributed by atoms with E-state index in [1.54, 1.807) is 17.8 Å². The van der Waals surface area contributed by atoms with Gasteiger partial charge in [-0.3, -0.25) is 14.4 Å². The predicted octanol–water partition coefficient (Wildman–Crippen LogP) is 3.20. The first kappa shape index (κ1) is 24.0. The summed E-state index contributed by atoms with van der Waals surface area (Å²) in [6.45, 7) is 1.55. The van der Waals surface area contributed by atoms with Gasteiger partial charge in [0.2, 0.25) is 10.0 Å². The minimum atomic E-state index is -3.52. The van der Waals surface area contributed by atoms with E-state index in [0.29, 0.717) is 17.1 Å². The summed E-state index contributed by atoms with van der Waals surface area (Å²) in [5.41, 5.74) is 1.25. The zero-order chi connectivity index (χ0) is 24.6. The molecule has 1 saturated heterocycles. The van der Waals surface area contributed by atoms with Crippen LogP contribution in [0.1, 0.15) is 10.4 Å². The Labute approximate surface area is 201 Å². The molecule has 0 atom stereocenters. The molecule has 0 bridgehead atoms. The number of likely N-dealkylation sites (N-methyl/N-ethyl adjacent to an activating group) is 1. The fraction of sp³-hybridized carbons (Fsp3) is 0.273. The van der Waals surface area contributed by atoms with Crippen LogP contribution in [0.25, 0.3) is 11.4 Å². The van der Waals surface area contributed by atoms with Gasteiger partial charge in [-0.2, -0.15) is 0 Å². The van der Waals surface area contributed by atoms with Gasteiger partial charge in [0.15, 0.2) is 5.82 Å². The number of benzene rings is 1. The van der Waals surface area contributed by atoms with E-state index in [0.717, 1.165) is 19.3 Å². The molecule has 0 spiro atoms. The van der Waals surface area contributed by atoms with Gasteiger partial charge in [-0.05, 0) is 31.3 Å². The molecule has 180 valence electrons. The van der Waals surface area contributed by atoms with Gasteiger partial charge in [0.1, 0.15) is 17.5 Å². The number of nitrogens with one attached hydrogen (secondary N) is 2. The number of carbonyl (C=O) groups is 1. The van der Waals surface area contributed by atoms with Crippen LogP contribution >= 0.6 is 11.6 Å². The number of pyridine rings is 1. The maximum Gasteiger partial charge on any atom is 0.257 e. The van der Waals surface area contributed by atoms with Crippen LogP contribution in [0.4, 0.5) is 15.8 Å². The van der Waals surface area contributed by atoms with Crippen molar-refractivity contribution in [1.82, 2.24) is 14.5 Å². The molecule has 9 nitrogen and oxygen atoms in total. The second-order valence-electron chi connectivity index (χ2n) is 8.24. The minimum Gasteiger partial charge on any atom is -0.486 e. The van der Waals surface area contributed by atoms with Crippen molar-refractivity contribution in [3.63, 3.8) is 0 Å². The fourth-order valence-corrected chi connectivity index (χ4v) is 4.43. The first-order valence-electron chi connectivity index (χ1n) is 10.2. The summed E-state index contributed by atoms with van der Waals surface area (Å²) < 4.78 is 47.4. The lowest BCUT2D eigenvalue weighted by Gasteiger charge is -2.35. The van der Waals surface area contributed by atoms with E-state index in [1.165, 1.54) is 36.5 Å². The zero-order valence-electron chi connectivity index (χ0n) is 18.7. The van der Waals surface area contributed by atoms with Crippen molar-refractivity contribution in [2.45, 2.75) is 6.10 Å². The molecule has 0 radical (unpaired) electrons. The van der Waals surface area contributed by atoms with E-state index in [9.17, 15) is 17.6 Å². The number of anilines is 2. The van der Waals surface area contributed by atoms with E-state index in [-0.39, 0.29) is 28.1 Å². The van der Waals surface area contributed by atoms with E-state index in [4.69, 9.17) is 16.3 Å². The number of rotatable bonds is 7. The molecule has 12 heteroatoms. The van der Waals surface area contributed by atoms with Crippen molar-refractivity contribution in [3.8, 4) is 17.1 Å². The summed E-state index contributed by atoms with van der Waals surface area (Å²) in [6, 6.07) is 7.15. The molecule has 34 heavy (non-hydrogen) atoms. The molecule has 0 unspecified atom stereocenters. The van der Waals surface area contributed by atoms with Crippen molar-refractivity contribution >= 4 is 38.9 Å². The lowest BCUT2D eigenvalue weighted by atomic mass is 10.2. The van der Waals surface area contributed by atoms with E-state index in [2.05, 4.69) is 19.9 Å². The number of hydrogen-bond acceptors (Lipinski definition) is 6. The summed E-state index contributed by atoms with van der Waals surface area (Å²) in [5, 5.41) is 2.91. The highest BCUT2D eigenvalue weighted by molar-refractivity contribution is 7.92. The zero-order valence-corrected chi connectivity index (χ0v) is 20.2. The van der Waals surface area contributed by atoms with Crippen molar-refractivity contribution in [3.05, 3.63) is 59.1 Å². The Morgan fingerprint density at radius 1 is 1.18 bits per heavy atom. The number of ether oxygens (including phenoxy) is 1. The molecule has 3 heterocycles. The molecule has 1 amide bonds. The molecule has 0 aliphatic carbocycles. The average Bonchev–Trinajstić information content (AvgIpc) is 3.07. The van der Waals surface area contributed by atoms with Gasteiger partial charge < -0.3 is 14.6 Å². The molecule has 1 aliphatic heterocycles. The largest absolute Gasteiger partial charge is 0.486 e. The van der Waals surface area contributed by atoms with E-state index in [1.807, 2.05) is 7.05 Å². The Morgan fingerprint density at radius 2 is 1.88 bits per heavy atom. The number of sulfonamides is 1. The van der Waals surface area contributed by atoms with Crippen LogP contribution in [-0.2, 0) is 17.1 Å². The number of nitrogens with zero attached hydrogens (tertiary/aromatic N) is 3. The van der Waals surface area contributed by atoms with Crippen LogP contribution in [-0.4, -0.2) is 61.3 Å². The molecule has 2 aromatic heterocycles. The van der Waals surface area contributed by atoms with Gasteiger partial charge >= 0.3 is 0 Å². The lowest BCUT2D eigenvalue weighted by Crippen LogP contribution is -2.51. The summed E-state index contributed by atoms with van der Waals surface area (Å²) >= 11 is 6.05. The van der Waals surface area contributed by atoms with Crippen molar-refractivity contribution in [2.75, 3.05) is 36.4 Å². The monoisotopic (exact) mass is 507 g/mol. The quantitative estimate of drug-likeness (QED) is 0.509. The van der Waals surface area contributed by atoms with Crippen molar-refractivity contribution < 1.29 is 22.3 Å². The number of amides is 1. The number of halogens is 2. The van der Waals surface area contributed by atoms with Crippen LogP contribution in [0, 0.1) is 5.82 Å². The van der Waals surface area contributed by atoms with Gasteiger partial charge in [0.25, 0.3) is 5.91 Å². The standard InChI is InChI=1S/C22H23ClFN5O4S/c1-28-11-18(12-28)33-17-8-19(24)21(25-9-17)20-4-13(10-29(20)2)22(30)26-15-5-14(23)6-16(7-15)27-34(3,31)32/h4-10,18,27H,11-12H2,1-3H3,(H,26,30). The normalized spacial score (nSPS) is 14.5. The maximum atomic E-state index is 14.8. The Morgan fingerprint density at radius 3 is 2.53 bits per heavy atom. The first-order chi connectivity index (χ1) is 16.0. The molecule has 3 aromatic rings. The van der Waals surface area contributed by atoms with E-state index >= 15 is 0 Å². The highest BCUT2D eigenvalue weighted by Gasteiger charge is 2.25. The maximum absolute atomic E-state index is 14.8. The van der Waals surface area contributed by atoms with Gasteiger partial charge in [-0.15, -0.1) is 0 Å². The molecular weight excluding hydrogens is 485 g/mol. The molecule has 0 saturated carbocycles. The van der Waals surface area contributed by atoms with Gasteiger partial charge in [-0.25, -0.2) is 17.8 Å². The molecular formula is C22H23ClFN5O4S. The summed E-state index contributed by atoms with van der Waals surface area (Å²) in [7, 11) is 0.134. The van der Waals surface area contributed by atoms with Gasteiger partial charge in [0, 0.05) is 43.1 Å². The topological polar surface area (TPSA) is 106 Å². The number of likely N-dealkylation sites (tertiary alicyclic amines) is 1. The second-order valence-corrected chi connectivity index (χ2v) is 10.4. The van der Waals surface area contributed by atoms with Crippen LogP contribution < -0.4 is 14.8 Å². The number of aromatic nitrogens is 2. The molecule has 1 aliphatic rings. The van der Waals surface area contributed by atoms with Crippen LogP contribution in [0.5, 0.6) is 5.75 Å². The number of hydrogen-bond donors (Lipinski definition) is 2. The molecule has 1 fully saturated rings. The SMILES string of the molecule is CN1CC(Oc2cnc(-c3cc(C(=O)Nc4cc(Cl)cc(NS(C)(=O)=O)c4)cn3C)c(F)c2)C1. The Hall–Kier alpha value is -3.15. The highest BCUT2D eigenvalue weighted by Crippen LogP contribution is 2.28. The Bertz CT molecular complexity index is 1360. The average molecular weight is 508 g/mol. The Balaban J connectivity index is 1.51. The van der Waals surface area contributed by atoms with Crippen LogP contribution in [0.2, 0.25) is 5.02 Å². The molecule has 4 rings (SSSR count). The van der Waals surface area contributed by atoms with Crippen molar-refractivity contribution in [2.24, 2.45) is 7.05 Å². The van der Waals surface area contributed by atoms with Gasteiger partial charge in [-0.1, -0.05) is 11.6 Å². The summed E-state index contributed by atoms with van der Waals surface area (Å²) in [5.74, 6) is -0.695. The highest BCUT2D eigenvalue weighted by atomic mass is 35.5. The van der Waals surface area contributed by atoms with E-state index < -0.39 is 21.7 Å². The van der Waals surface area contributed by atoms with Crippen molar-refractivity contribution in [1.29, 1.82) is 0 Å². The summed E-state index contributed by atoms with van der Waals surface area (Å²) in [6.07, 6.45) is 4.03. The second kappa shape index (κ2) is 9.24. The molecule has 2 N–H and O–H groups in total. The minimum absolute atomic E-state index is 0.0158. The smallest absolute Gasteiger partial charge is 0.257 e. The first-order valence-corrected chi connectivity index (χ1v) is 12.5. The third kappa shape index (κ3) is 5.66. The Kier molecular flexibility index (Phi) is 6.52. The number of carbonyl (C=O) groups excluding carboxylic acids is 1. The third-order valence-corrected chi connectivity index (χ3v) is 5.94. The predicted molar refractivity (Wildman–Crippen MR) is 128 cm³/mol. The summed E-state index contributed by atoms with van der Waals surface area (Å²) in [4.78, 5) is 19.1. The lowest BCUT2D eigenvalue weighted by molar-refractivity contribution is 0.0384. The van der Waals surface area contributed by atoms with Gasteiger partial charge in [0.05, 0.1) is 29.4 Å². The fourth-order valence-electron chi connectivity index (χ4n) is 3.64. The number of aryl methyl sites for hydroxylation is 1. The third-order valence-electron chi connectivity index (χ3n) is 5.12. The van der Waals surface area contributed by atoms with Crippen LogP contribution in [0.15, 0.2) is 42.7 Å². The van der Waals surface area contributed by atoms with Crippen LogP contribution in [0.3, 0.4) is 0 Å². The molecule has 1 aromatic carbocycles.